The fourth-order valence-corrected chi connectivity index (χ4v) is 12.9. The molecule has 5 aromatic carbocycles. The summed E-state index contributed by atoms with van der Waals surface area (Å²) in [5.41, 5.74) is 8.00. The second-order valence-electron chi connectivity index (χ2n) is 25.7. The van der Waals surface area contributed by atoms with Gasteiger partial charge in [0.15, 0.2) is 29.9 Å². The minimum absolute atomic E-state index is 0.0975. The zero-order valence-electron chi connectivity index (χ0n) is 54.3. The summed E-state index contributed by atoms with van der Waals surface area (Å²) in [6, 6.07) is -0.679. The number of amides is 7. The first-order valence-electron chi connectivity index (χ1n) is 31.6. The predicted octanol–water partition coefficient (Wildman–Crippen LogP) is 0.106. The van der Waals surface area contributed by atoms with Crippen molar-refractivity contribution in [3.8, 4) is 57.1 Å². The van der Waals surface area contributed by atoms with E-state index in [0.29, 0.717) is 0 Å². The van der Waals surface area contributed by atoms with E-state index >= 15 is 14.4 Å². The molecule has 7 aliphatic rings. The normalized spacial score (nSPS) is 29.4. The average molecular weight is 1450 g/mol. The first-order valence-corrected chi connectivity index (χ1v) is 32.4. The molecule has 11 bridgehead atoms. The van der Waals surface area contributed by atoms with Crippen LogP contribution < -0.4 is 62.9 Å². The van der Waals surface area contributed by atoms with Crippen molar-refractivity contribution in [3.63, 3.8) is 0 Å². The fraction of sp³-hybridized carbons (Fsp3) is 0.424. The smallest absolute Gasteiger partial charge is 0.330 e. The molecule has 2 unspecified atom stereocenters. The van der Waals surface area contributed by atoms with Crippen molar-refractivity contribution < 1.29 is 118 Å². The van der Waals surface area contributed by atoms with Gasteiger partial charge in [0.05, 0.1) is 41.3 Å². The number of phenols is 3. The van der Waals surface area contributed by atoms with Crippen molar-refractivity contribution in [1.29, 1.82) is 0 Å². The number of aliphatic hydroxyl groups is 6. The summed E-state index contributed by atoms with van der Waals surface area (Å²) in [5, 5.41) is 131. The van der Waals surface area contributed by atoms with E-state index < -0.39 is 237 Å². The quantitative estimate of drug-likeness (QED) is 0.0743. The number of aliphatic carboxylic acids is 1. The highest BCUT2D eigenvalue weighted by Crippen LogP contribution is 2.50. The van der Waals surface area contributed by atoms with Gasteiger partial charge in [-0.05, 0) is 110 Å². The number of fused-ring (bicyclic) bond motifs is 15. The van der Waals surface area contributed by atoms with Crippen molar-refractivity contribution in [2.45, 2.75) is 156 Å². The van der Waals surface area contributed by atoms with E-state index in [0.717, 1.165) is 66.7 Å². The van der Waals surface area contributed by atoms with E-state index in [2.05, 4.69) is 37.2 Å². The summed E-state index contributed by atoms with van der Waals surface area (Å²) in [7, 11) is 1.47. The second-order valence-corrected chi connectivity index (χ2v) is 26.5. The van der Waals surface area contributed by atoms with Gasteiger partial charge in [0.1, 0.15) is 89.5 Å². The maximum Gasteiger partial charge on any atom is 0.330 e. The lowest BCUT2D eigenvalue weighted by atomic mass is 9.86. The molecular formula is C66H75Cl2N9O24. The second kappa shape index (κ2) is 30.2. The van der Waals surface area contributed by atoms with E-state index in [1.54, 1.807) is 0 Å². The average Bonchev–Trinajstić information content (AvgIpc) is 0.775. The molecule has 0 aromatic heterocycles. The number of rotatable bonds is 13. The van der Waals surface area contributed by atoms with Crippen molar-refractivity contribution >= 4 is 70.5 Å². The summed E-state index contributed by atoms with van der Waals surface area (Å²) in [4.78, 5) is 117. The Hall–Kier alpha value is -9.20. The minimum atomic E-state index is -2.35. The molecule has 101 heavy (non-hydrogen) atoms. The molecule has 12 rings (SSSR count). The standard InChI is InChI=1S/C66H75Cl2N9O24/c1-23(2)12-34(71-5)58(88)76-49-51(83)26-7-10-38(32(67)14-26)97-40-16-28-17-41(55(40)101-65-56(54(86)53(85)42(22-78)99-65)100-44-21-66(4,70)57(87)24(3)96-44)98-39-11-8-27(15-33(39)68)52(84)50-63(93)75-48(64(94)95)31-18-29(79)19-37(81)45(31)30-13-25(6-9-36(30)80)46(60(90)77-50)74-61(91)47(28)73-59(89)35(20-43(69)82)72-62(49)92/h6-11,13-19,23-24,34-35,42,44,46-54,56-57,65,71,78-81,83-87H,12,20-22,70H2,1-5H3,(H2,69,82)(H,72,92)(H,73,89)(H,74,91)(H,75,93)(H,76,88)(H,77,90)(H,94,95)/t24-,34+,35-,42+,44-,46+,47+,48-,49?,50-,51+,52+,53+,54-,56+,57+,65?,66-/m0/s1. The Bertz CT molecular complexity index is 4070. The van der Waals surface area contributed by atoms with Gasteiger partial charge in [-0.25, -0.2) is 4.79 Å². The van der Waals surface area contributed by atoms with Crippen molar-refractivity contribution in [2.75, 3.05) is 13.7 Å². The maximum absolute atomic E-state index is 16.0. The van der Waals surface area contributed by atoms with Crippen molar-refractivity contribution in [1.82, 2.24) is 37.2 Å². The Kier molecular flexibility index (Phi) is 22.2. The van der Waals surface area contributed by atoms with Crippen LogP contribution in [0.1, 0.15) is 105 Å². The van der Waals surface area contributed by atoms with E-state index in [4.69, 9.17) is 63.1 Å². The Labute approximate surface area is 584 Å². The van der Waals surface area contributed by atoms with E-state index in [-0.39, 0.29) is 46.2 Å². The molecule has 2 saturated heterocycles. The van der Waals surface area contributed by atoms with Gasteiger partial charge in [0.2, 0.25) is 53.4 Å². The molecule has 7 amide bonds. The minimum Gasteiger partial charge on any atom is -0.508 e. The van der Waals surface area contributed by atoms with Crippen LogP contribution in [0, 0.1) is 5.92 Å². The number of carboxylic acids is 1. The molecule has 7 heterocycles. The number of nitrogens with two attached hydrogens (primary N) is 2. The summed E-state index contributed by atoms with van der Waals surface area (Å²) in [5.74, 6) is -16.0. The molecule has 35 heteroatoms. The third-order valence-electron chi connectivity index (χ3n) is 17.8. The molecule has 5 aromatic rings. The Morgan fingerprint density at radius 1 is 0.713 bits per heavy atom. The summed E-state index contributed by atoms with van der Waals surface area (Å²) >= 11 is 14.1. The van der Waals surface area contributed by atoms with Gasteiger partial charge in [0.25, 0.3) is 0 Å². The van der Waals surface area contributed by atoms with Gasteiger partial charge in [-0.2, -0.15) is 0 Å². The van der Waals surface area contributed by atoms with Gasteiger partial charge in [0, 0.05) is 34.7 Å². The zero-order valence-corrected chi connectivity index (χ0v) is 55.8. The highest BCUT2D eigenvalue weighted by molar-refractivity contribution is 6.32. The maximum atomic E-state index is 16.0. The number of likely N-dealkylation sites (N-methyl/N-ethyl adjacent to an activating group) is 1. The number of primary amides is 1. The molecule has 0 saturated carbocycles. The predicted molar refractivity (Wildman–Crippen MR) is 349 cm³/mol. The molecule has 0 radical (unpaired) electrons. The van der Waals surface area contributed by atoms with Crippen LogP contribution in [0.4, 0.5) is 0 Å². The molecule has 2 fully saturated rings. The third-order valence-corrected chi connectivity index (χ3v) is 18.4. The number of aromatic hydroxyl groups is 3. The highest BCUT2D eigenvalue weighted by Gasteiger charge is 2.51. The van der Waals surface area contributed by atoms with Crippen LogP contribution in [0.2, 0.25) is 10.0 Å². The third kappa shape index (κ3) is 15.8. The molecule has 18 atom stereocenters. The molecular weight excluding hydrogens is 1370 g/mol. The number of nitrogens with one attached hydrogen (secondary N) is 7. The van der Waals surface area contributed by atoms with Gasteiger partial charge in [-0.1, -0.05) is 55.2 Å². The van der Waals surface area contributed by atoms with Crippen LogP contribution >= 0.6 is 23.2 Å². The van der Waals surface area contributed by atoms with Gasteiger partial charge in [-0.15, -0.1) is 0 Å². The lowest BCUT2D eigenvalue weighted by Gasteiger charge is -2.47. The molecule has 0 spiro atoms. The highest BCUT2D eigenvalue weighted by atomic mass is 35.5. The number of benzene rings is 5. The lowest BCUT2D eigenvalue weighted by Crippen LogP contribution is -2.64. The molecule has 33 nitrogen and oxygen atoms in total. The number of hydrogen-bond acceptors (Lipinski definition) is 25. The summed E-state index contributed by atoms with van der Waals surface area (Å²) in [6.07, 6.45) is -18.6. The van der Waals surface area contributed by atoms with Crippen molar-refractivity contribution in [2.24, 2.45) is 17.4 Å². The number of ether oxygens (including phenoxy) is 6. The van der Waals surface area contributed by atoms with Gasteiger partial charge in [-0.3, -0.25) is 33.6 Å². The number of carbonyl (C=O) groups excluding carboxylic acids is 7. The van der Waals surface area contributed by atoms with Gasteiger partial charge >= 0.3 is 5.97 Å². The Morgan fingerprint density at radius 2 is 1.32 bits per heavy atom. The lowest BCUT2D eigenvalue weighted by molar-refractivity contribution is -0.333. The molecule has 0 aliphatic carbocycles. The molecule has 542 valence electrons. The topological polar surface area (TPSA) is 530 Å². The largest absolute Gasteiger partial charge is 0.508 e. The van der Waals surface area contributed by atoms with Crippen molar-refractivity contribution in [3.05, 3.63) is 117 Å². The van der Waals surface area contributed by atoms with Gasteiger partial charge < -0.3 is 128 Å². The van der Waals surface area contributed by atoms with Crippen LogP contribution in [-0.2, 0) is 52.6 Å². The first kappa shape index (κ1) is 74.5. The van der Waals surface area contributed by atoms with Crippen LogP contribution in [0.25, 0.3) is 11.1 Å². The van der Waals surface area contributed by atoms with E-state index in [1.165, 1.54) is 33.0 Å². The summed E-state index contributed by atoms with van der Waals surface area (Å²) in [6.45, 7) is 5.66. The monoisotopic (exact) mass is 1450 g/mol. The van der Waals surface area contributed by atoms with E-state index in [1.807, 2.05) is 13.8 Å². The number of carboxylic acid groups (broad SMARTS) is 1. The number of hydrogen-bond donors (Lipinski definition) is 19. The molecule has 7 aliphatic heterocycles. The number of carbonyl (C=O) groups is 8. The van der Waals surface area contributed by atoms with E-state index in [9.17, 15) is 75.0 Å². The number of halogens is 2. The fourth-order valence-electron chi connectivity index (χ4n) is 12.5. The van der Waals surface area contributed by atoms with Crippen LogP contribution in [-0.4, -0.2) is 191 Å². The summed E-state index contributed by atoms with van der Waals surface area (Å²) < 4.78 is 38.3. The van der Waals surface area contributed by atoms with Crippen LogP contribution in [0.5, 0.6) is 46.0 Å². The Balaban J connectivity index is 1.24. The number of phenolic OH excluding ortho intramolecular Hbond substituents is 3. The van der Waals surface area contributed by atoms with Crippen LogP contribution in [0.3, 0.4) is 0 Å². The number of aliphatic hydroxyl groups excluding tert-OH is 6. The Morgan fingerprint density at radius 3 is 1.90 bits per heavy atom. The SMILES string of the molecule is CN[C@H](CC(C)C)C(=O)NC1C(=O)N[C@@H](CC(N)=O)C(=O)N[C@H]2C(=O)N[C@H]3C(=O)N[C@H](C(=O)N[C@H](C(=O)O)c4cc(O)cc(O)c4-c4cc3ccc4O)[C@H](O)c3ccc(c(Cl)c3)Oc3cc2cc(c3OC2O[C@H](CO)[C@@H](O)[C@H](O)[C@H]2O[C@H]2C[C@](C)(N)[C@H](O)[C@H](C)O2)Oc2ccc(cc2Cl)[C@H]1O. The first-order chi connectivity index (χ1) is 47.7. The van der Waals surface area contributed by atoms with Crippen LogP contribution in [0.15, 0.2) is 78.9 Å². The molecule has 21 N–H and O–H groups in total. The zero-order chi connectivity index (χ0) is 73.5.